The molecule has 1 fully saturated rings. The van der Waals surface area contributed by atoms with Crippen molar-refractivity contribution in [2.24, 2.45) is 0 Å². The fraction of sp³-hybridized carbons (Fsp3) is 0.368. The Kier molecular flexibility index (Phi) is 5.55. The average Bonchev–Trinajstić information content (AvgIpc) is 2.59. The highest BCUT2D eigenvalue weighted by atomic mass is 35.5. The summed E-state index contributed by atoms with van der Waals surface area (Å²) in [6, 6.07) is 16.6. The van der Waals surface area contributed by atoms with Gasteiger partial charge in [-0.1, -0.05) is 35.9 Å². The molecule has 1 saturated heterocycles. The molecule has 0 bridgehead atoms. The van der Waals surface area contributed by atoms with E-state index in [2.05, 4.69) is 30.3 Å². The Labute approximate surface area is 143 Å². The first-order valence-corrected chi connectivity index (χ1v) is 8.66. The molecular formula is C19H25ClN2O+2. The van der Waals surface area contributed by atoms with Crippen molar-refractivity contribution in [3.63, 3.8) is 0 Å². The van der Waals surface area contributed by atoms with Gasteiger partial charge in [0.15, 0.2) is 0 Å². The summed E-state index contributed by atoms with van der Waals surface area (Å²) in [6.45, 7) is 7.00. The summed E-state index contributed by atoms with van der Waals surface area (Å²) in [6.07, 6.45) is 0. The predicted molar refractivity (Wildman–Crippen MR) is 93.2 cm³/mol. The minimum Gasteiger partial charge on any atom is -0.496 e. The molecule has 0 saturated carbocycles. The lowest BCUT2D eigenvalue weighted by Gasteiger charge is -2.30. The maximum atomic E-state index is 5.95. The van der Waals surface area contributed by atoms with E-state index in [1.807, 2.05) is 18.2 Å². The van der Waals surface area contributed by atoms with Gasteiger partial charge < -0.3 is 14.5 Å². The van der Waals surface area contributed by atoms with Crippen molar-refractivity contribution in [1.29, 1.82) is 0 Å². The van der Waals surface area contributed by atoms with E-state index in [9.17, 15) is 0 Å². The third-order valence-electron chi connectivity index (χ3n) is 4.66. The van der Waals surface area contributed by atoms with Crippen LogP contribution in [-0.2, 0) is 13.1 Å². The zero-order valence-electron chi connectivity index (χ0n) is 13.6. The van der Waals surface area contributed by atoms with E-state index in [-0.39, 0.29) is 0 Å². The van der Waals surface area contributed by atoms with Crippen LogP contribution >= 0.6 is 11.6 Å². The molecule has 0 radical (unpaired) electrons. The summed E-state index contributed by atoms with van der Waals surface area (Å²) < 4.78 is 5.47. The van der Waals surface area contributed by atoms with Crippen LogP contribution in [0.1, 0.15) is 11.1 Å². The normalized spacial score (nSPS) is 21.1. The Morgan fingerprint density at radius 2 is 1.48 bits per heavy atom. The third-order valence-corrected chi connectivity index (χ3v) is 4.92. The Morgan fingerprint density at radius 1 is 0.870 bits per heavy atom. The van der Waals surface area contributed by atoms with Crippen LogP contribution in [0.25, 0.3) is 0 Å². The standard InChI is InChI=1S/C19H23ClN2O/c1-23-19-5-3-2-4-17(19)15-22-12-10-21(11-13-22)14-16-6-8-18(20)9-7-16/h2-9H,10-15H2,1H3/p+2. The van der Waals surface area contributed by atoms with Gasteiger partial charge in [-0.2, -0.15) is 0 Å². The van der Waals surface area contributed by atoms with E-state index in [1.54, 1.807) is 16.9 Å². The lowest BCUT2D eigenvalue weighted by molar-refractivity contribution is -1.02. The second-order valence-corrected chi connectivity index (χ2v) is 6.73. The van der Waals surface area contributed by atoms with Crippen molar-refractivity contribution in [3.05, 3.63) is 64.7 Å². The number of para-hydroxylation sites is 1. The highest BCUT2D eigenvalue weighted by Crippen LogP contribution is 2.15. The first kappa shape index (κ1) is 16.3. The zero-order chi connectivity index (χ0) is 16.1. The molecule has 3 nitrogen and oxygen atoms in total. The first-order valence-electron chi connectivity index (χ1n) is 8.28. The van der Waals surface area contributed by atoms with Gasteiger partial charge in [0.25, 0.3) is 0 Å². The van der Waals surface area contributed by atoms with E-state index in [0.717, 1.165) is 23.9 Å². The molecule has 2 N–H and O–H groups in total. The molecule has 1 aliphatic heterocycles. The molecule has 122 valence electrons. The fourth-order valence-corrected chi connectivity index (χ4v) is 3.45. The van der Waals surface area contributed by atoms with E-state index >= 15 is 0 Å². The van der Waals surface area contributed by atoms with Gasteiger partial charge in [0.05, 0.1) is 7.11 Å². The first-order chi connectivity index (χ1) is 11.2. The average molecular weight is 333 g/mol. The lowest BCUT2D eigenvalue weighted by Crippen LogP contribution is -3.27. The van der Waals surface area contributed by atoms with Gasteiger partial charge >= 0.3 is 0 Å². The maximum Gasteiger partial charge on any atom is 0.127 e. The maximum absolute atomic E-state index is 5.95. The van der Waals surface area contributed by atoms with Gasteiger partial charge in [0.2, 0.25) is 0 Å². The Balaban J connectivity index is 1.51. The molecule has 1 aliphatic rings. The van der Waals surface area contributed by atoms with E-state index in [0.29, 0.717) is 0 Å². The summed E-state index contributed by atoms with van der Waals surface area (Å²) in [5.41, 5.74) is 2.68. The SMILES string of the molecule is COc1ccccc1C[NH+]1CC[NH+](Cc2ccc(Cl)cc2)CC1. The molecule has 3 rings (SSSR count). The largest absolute Gasteiger partial charge is 0.496 e. The minimum atomic E-state index is 0.815. The van der Waals surface area contributed by atoms with Crippen molar-refractivity contribution >= 4 is 11.6 Å². The summed E-state index contributed by atoms with van der Waals surface area (Å²) in [4.78, 5) is 3.31. The van der Waals surface area contributed by atoms with Crippen molar-refractivity contribution in [1.82, 2.24) is 0 Å². The summed E-state index contributed by atoms with van der Waals surface area (Å²) in [7, 11) is 1.75. The number of piperazine rings is 1. The van der Waals surface area contributed by atoms with Crippen LogP contribution < -0.4 is 14.5 Å². The number of ether oxygens (including phenoxy) is 1. The number of halogens is 1. The van der Waals surface area contributed by atoms with Crippen LogP contribution in [0.15, 0.2) is 48.5 Å². The number of methoxy groups -OCH3 is 1. The number of nitrogens with one attached hydrogen (secondary N) is 2. The van der Waals surface area contributed by atoms with Gasteiger partial charge in [-0.3, -0.25) is 0 Å². The van der Waals surface area contributed by atoms with Crippen molar-refractivity contribution in [2.45, 2.75) is 13.1 Å². The number of benzene rings is 2. The van der Waals surface area contributed by atoms with E-state index in [4.69, 9.17) is 16.3 Å². The number of hydrogen-bond donors (Lipinski definition) is 2. The molecule has 0 aromatic heterocycles. The second-order valence-electron chi connectivity index (χ2n) is 6.29. The van der Waals surface area contributed by atoms with Crippen molar-refractivity contribution < 1.29 is 14.5 Å². The van der Waals surface area contributed by atoms with Crippen LogP contribution in [0.4, 0.5) is 0 Å². The predicted octanol–water partition coefficient (Wildman–Crippen LogP) is 0.832. The van der Waals surface area contributed by atoms with E-state index < -0.39 is 0 Å². The highest BCUT2D eigenvalue weighted by molar-refractivity contribution is 6.30. The smallest absolute Gasteiger partial charge is 0.127 e. The molecule has 0 unspecified atom stereocenters. The molecule has 0 atom stereocenters. The Morgan fingerprint density at radius 3 is 2.13 bits per heavy atom. The Bertz CT molecular complexity index is 622. The molecule has 0 spiro atoms. The summed E-state index contributed by atoms with van der Waals surface area (Å²) in [5, 5.41) is 0.815. The molecule has 4 heteroatoms. The summed E-state index contributed by atoms with van der Waals surface area (Å²) >= 11 is 5.95. The minimum absolute atomic E-state index is 0.815. The lowest BCUT2D eigenvalue weighted by atomic mass is 10.1. The van der Waals surface area contributed by atoms with Gasteiger partial charge in [-0.25, -0.2) is 0 Å². The van der Waals surface area contributed by atoms with Crippen molar-refractivity contribution in [3.8, 4) is 5.75 Å². The Hall–Kier alpha value is -1.55. The van der Waals surface area contributed by atoms with Gasteiger partial charge in [0, 0.05) is 16.1 Å². The zero-order valence-corrected chi connectivity index (χ0v) is 14.4. The van der Waals surface area contributed by atoms with Gasteiger partial charge in [-0.05, 0) is 24.3 Å². The molecule has 23 heavy (non-hydrogen) atoms. The van der Waals surface area contributed by atoms with Crippen LogP contribution in [-0.4, -0.2) is 33.3 Å². The van der Waals surface area contributed by atoms with Crippen LogP contribution in [0.5, 0.6) is 5.75 Å². The van der Waals surface area contributed by atoms with Crippen molar-refractivity contribution in [2.75, 3.05) is 33.3 Å². The number of rotatable bonds is 5. The van der Waals surface area contributed by atoms with Crippen LogP contribution in [0, 0.1) is 0 Å². The van der Waals surface area contributed by atoms with Crippen LogP contribution in [0.3, 0.4) is 0 Å². The number of hydrogen-bond acceptors (Lipinski definition) is 1. The quantitative estimate of drug-likeness (QED) is 0.830. The second kappa shape index (κ2) is 7.82. The van der Waals surface area contributed by atoms with Gasteiger partial charge in [0.1, 0.15) is 45.0 Å². The molecule has 2 aromatic rings. The molecular weight excluding hydrogens is 308 g/mol. The third kappa shape index (κ3) is 4.47. The topological polar surface area (TPSA) is 18.1 Å². The fourth-order valence-electron chi connectivity index (χ4n) is 3.32. The van der Waals surface area contributed by atoms with Crippen LogP contribution in [0.2, 0.25) is 5.02 Å². The molecule has 0 amide bonds. The molecule has 2 aromatic carbocycles. The number of quaternary nitrogens is 2. The monoisotopic (exact) mass is 332 g/mol. The molecule has 0 aliphatic carbocycles. The van der Waals surface area contributed by atoms with E-state index in [1.165, 1.54) is 37.3 Å². The summed E-state index contributed by atoms with van der Waals surface area (Å²) in [5.74, 6) is 1.01. The molecule has 1 heterocycles. The highest BCUT2D eigenvalue weighted by Gasteiger charge is 2.23. The van der Waals surface area contributed by atoms with Gasteiger partial charge in [-0.15, -0.1) is 0 Å².